The maximum absolute atomic E-state index is 12.8. The van der Waals surface area contributed by atoms with Crippen molar-refractivity contribution in [2.45, 2.75) is 13.1 Å². The highest BCUT2D eigenvalue weighted by Crippen LogP contribution is 2.24. The van der Waals surface area contributed by atoms with Gasteiger partial charge < -0.3 is 20.1 Å². The van der Waals surface area contributed by atoms with Crippen LogP contribution in [-0.4, -0.2) is 28.9 Å². The molecule has 8 nitrogen and oxygen atoms in total. The molecule has 0 atom stereocenters. The predicted molar refractivity (Wildman–Crippen MR) is 133 cm³/mol. The van der Waals surface area contributed by atoms with E-state index in [4.69, 9.17) is 21.1 Å². The number of aromatic nitrogens is 2. The summed E-state index contributed by atoms with van der Waals surface area (Å²) in [5, 5.41) is 8.44. The van der Waals surface area contributed by atoms with Crippen molar-refractivity contribution < 1.29 is 19.1 Å². The molecule has 2 N–H and O–H groups in total. The third-order valence-corrected chi connectivity index (χ3v) is 5.96. The van der Waals surface area contributed by atoms with Crippen molar-refractivity contribution in [2.75, 3.05) is 7.11 Å². The number of thiazole rings is 1. The van der Waals surface area contributed by atoms with Gasteiger partial charge in [-0.2, -0.15) is 0 Å². The van der Waals surface area contributed by atoms with Crippen molar-refractivity contribution in [2.24, 2.45) is 0 Å². The van der Waals surface area contributed by atoms with Crippen molar-refractivity contribution in [3.05, 3.63) is 99.1 Å². The van der Waals surface area contributed by atoms with Crippen LogP contribution in [0.3, 0.4) is 0 Å². The second-order valence-electron chi connectivity index (χ2n) is 7.22. The third kappa shape index (κ3) is 6.34. The summed E-state index contributed by atoms with van der Waals surface area (Å²) < 4.78 is 11.0. The fraction of sp³-hybridized carbons (Fsp3) is 0.120. The van der Waals surface area contributed by atoms with Crippen molar-refractivity contribution >= 4 is 34.8 Å². The smallest absolute Gasteiger partial charge is 0.271 e. The molecule has 0 bridgehead atoms. The Bertz CT molecular complexity index is 1330. The summed E-state index contributed by atoms with van der Waals surface area (Å²) in [7, 11) is 1.58. The summed E-state index contributed by atoms with van der Waals surface area (Å²) in [6.45, 7) is 0.461. The van der Waals surface area contributed by atoms with Crippen LogP contribution in [0, 0.1) is 0 Å². The molecule has 0 saturated carbocycles. The SMILES string of the molecule is COc1ccccc1CNC(=O)c1csc(CNC(=O)c2cccnc2Oc2ccc(Cl)cc2)n1. The number of nitrogens with one attached hydrogen (secondary N) is 2. The molecule has 4 rings (SSSR count). The van der Waals surface area contributed by atoms with E-state index in [2.05, 4.69) is 20.6 Å². The van der Waals surface area contributed by atoms with Crippen LogP contribution in [-0.2, 0) is 13.1 Å². The van der Waals surface area contributed by atoms with Gasteiger partial charge in [0.1, 0.15) is 27.8 Å². The molecule has 10 heteroatoms. The van der Waals surface area contributed by atoms with Gasteiger partial charge in [0.25, 0.3) is 11.8 Å². The Morgan fingerprint density at radius 3 is 2.54 bits per heavy atom. The number of nitrogens with zero attached hydrogens (tertiary/aromatic N) is 2. The Balaban J connectivity index is 1.34. The first-order valence-corrected chi connectivity index (χ1v) is 11.8. The van der Waals surface area contributed by atoms with Gasteiger partial charge in [-0.15, -0.1) is 11.3 Å². The molecule has 0 aliphatic heterocycles. The second kappa shape index (κ2) is 11.5. The van der Waals surface area contributed by atoms with Crippen molar-refractivity contribution in [1.29, 1.82) is 0 Å². The third-order valence-electron chi connectivity index (χ3n) is 4.86. The number of pyridine rings is 1. The van der Waals surface area contributed by atoms with Crippen LogP contribution >= 0.6 is 22.9 Å². The maximum Gasteiger partial charge on any atom is 0.271 e. The Hall–Kier alpha value is -3.95. The Morgan fingerprint density at radius 1 is 0.971 bits per heavy atom. The van der Waals surface area contributed by atoms with Crippen LogP contribution in [0.1, 0.15) is 31.4 Å². The number of amides is 2. The van der Waals surface area contributed by atoms with Crippen LogP contribution < -0.4 is 20.1 Å². The minimum Gasteiger partial charge on any atom is -0.496 e. The molecule has 2 aromatic carbocycles. The zero-order chi connectivity index (χ0) is 24.6. The highest BCUT2D eigenvalue weighted by Gasteiger charge is 2.16. The summed E-state index contributed by atoms with van der Waals surface area (Å²) >= 11 is 7.19. The molecule has 0 saturated heterocycles. The molecule has 0 unspecified atom stereocenters. The fourth-order valence-corrected chi connectivity index (χ4v) is 3.96. The van der Waals surface area contributed by atoms with Gasteiger partial charge in [0.2, 0.25) is 5.88 Å². The monoisotopic (exact) mass is 508 g/mol. The average molecular weight is 509 g/mol. The molecule has 0 aliphatic rings. The number of para-hydroxylation sites is 1. The van der Waals surface area contributed by atoms with Crippen molar-refractivity contribution in [1.82, 2.24) is 20.6 Å². The van der Waals surface area contributed by atoms with E-state index in [0.717, 1.165) is 5.56 Å². The van der Waals surface area contributed by atoms with Crippen LogP contribution in [0.2, 0.25) is 5.02 Å². The maximum atomic E-state index is 12.8. The number of halogens is 1. The number of rotatable bonds is 9. The van der Waals surface area contributed by atoms with E-state index in [1.54, 1.807) is 55.1 Å². The lowest BCUT2D eigenvalue weighted by Gasteiger charge is -2.10. The van der Waals surface area contributed by atoms with E-state index in [1.807, 2.05) is 24.3 Å². The van der Waals surface area contributed by atoms with E-state index in [9.17, 15) is 9.59 Å². The molecule has 0 fully saturated rings. The number of carbonyl (C=O) groups is 2. The Morgan fingerprint density at radius 2 is 1.74 bits per heavy atom. The van der Waals surface area contributed by atoms with Gasteiger partial charge in [-0.1, -0.05) is 29.8 Å². The minimum absolute atomic E-state index is 0.151. The van der Waals surface area contributed by atoms with Crippen LogP contribution in [0.5, 0.6) is 17.4 Å². The fourth-order valence-electron chi connectivity index (χ4n) is 3.12. The molecule has 178 valence electrons. The van der Waals surface area contributed by atoms with Crippen molar-refractivity contribution in [3.8, 4) is 17.4 Å². The largest absolute Gasteiger partial charge is 0.496 e. The van der Waals surface area contributed by atoms with Gasteiger partial charge in [-0.05, 0) is 42.5 Å². The number of hydrogen-bond donors (Lipinski definition) is 2. The van der Waals surface area contributed by atoms with Crippen LogP contribution in [0.4, 0.5) is 0 Å². The van der Waals surface area contributed by atoms with Gasteiger partial charge in [-0.25, -0.2) is 9.97 Å². The van der Waals surface area contributed by atoms with Gasteiger partial charge in [0, 0.05) is 28.7 Å². The summed E-state index contributed by atoms with van der Waals surface area (Å²) in [5.74, 6) is 0.688. The first kappa shape index (κ1) is 24.2. The van der Waals surface area contributed by atoms with Gasteiger partial charge in [0.15, 0.2) is 0 Å². The molecule has 35 heavy (non-hydrogen) atoms. The van der Waals surface area contributed by atoms with Gasteiger partial charge in [-0.3, -0.25) is 9.59 Å². The van der Waals surface area contributed by atoms with Crippen LogP contribution in [0.15, 0.2) is 72.2 Å². The quantitative estimate of drug-likeness (QED) is 0.335. The molecule has 0 spiro atoms. The predicted octanol–water partition coefficient (Wildman–Crippen LogP) is 4.85. The molecular weight excluding hydrogens is 488 g/mol. The number of carbonyl (C=O) groups excluding carboxylic acids is 2. The molecule has 2 heterocycles. The number of benzene rings is 2. The number of hydrogen-bond acceptors (Lipinski definition) is 7. The zero-order valence-electron chi connectivity index (χ0n) is 18.7. The molecular formula is C25H21ClN4O4S. The lowest BCUT2D eigenvalue weighted by atomic mass is 10.2. The van der Waals surface area contributed by atoms with Gasteiger partial charge >= 0.3 is 0 Å². The first-order valence-electron chi connectivity index (χ1n) is 10.5. The summed E-state index contributed by atoms with van der Waals surface area (Å²) in [5.41, 5.74) is 1.41. The normalized spacial score (nSPS) is 10.5. The topological polar surface area (TPSA) is 102 Å². The minimum atomic E-state index is -0.376. The van der Waals surface area contributed by atoms with Gasteiger partial charge in [0.05, 0.1) is 13.7 Å². The highest BCUT2D eigenvalue weighted by atomic mass is 35.5. The lowest BCUT2D eigenvalue weighted by Crippen LogP contribution is -2.25. The Kier molecular flexibility index (Phi) is 7.92. The average Bonchev–Trinajstić information content (AvgIpc) is 3.37. The Labute approximate surface area is 210 Å². The summed E-state index contributed by atoms with van der Waals surface area (Å²) in [6.07, 6.45) is 1.54. The van der Waals surface area contributed by atoms with E-state index >= 15 is 0 Å². The number of methoxy groups -OCH3 is 1. The summed E-state index contributed by atoms with van der Waals surface area (Å²) in [6, 6.07) is 17.5. The zero-order valence-corrected chi connectivity index (χ0v) is 20.2. The van der Waals surface area contributed by atoms with E-state index in [0.29, 0.717) is 28.1 Å². The molecule has 0 aliphatic carbocycles. The number of ether oxygens (including phenoxy) is 2. The second-order valence-corrected chi connectivity index (χ2v) is 8.59. The standard InChI is InChI=1S/C25H21ClN4O4S/c1-33-21-7-3-2-5-16(21)13-28-24(32)20-15-35-22(30-20)14-29-23(31)19-6-4-12-27-25(19)34-18-10-8-17(26)9-11-18/h2-12,15H,13-14H2,1H3,(H,28,32)(H,29,31). The molecule has 2 amide bonds. The van der Waals surface area contributed by atoms with Crippen molar-refractivity contribution in [3.63, 3.8) is 0 Å². The lowest BCUT2D eigenvalue weighted by molar-refractivity contribution is 0.0942. The highest BCUT2D eigenvalue weighted by molar-refractivity contribution is 7.09. The molecule has 2 aromatic heterocycles. The van der Waals surface area contributed by atoms with Crippen LogP contribution in [0.25, 0.3) is 0 Å². The molecule has 0 radical (unpaired) electrons. The van der Waals surface area contributed by atoms with E-state index < -0.39 is 0 Å². The van der Waals surface area contributed by atoms with E-state index in [-0.39, 0.29) is 35.5 Å². The summed E-state index contributed by atoms with van der Waals surface area (Å²) in [4.78, 5) is 33.8. The molecule has 4 aromatic rings. The van der Waals surface area contributed by atoms with E-state index in [1.165, 1.54) is 11.3 Å². The first-order chi connectivity index (χ1) is 17.0.